The second-order valence-corrected chi connectivity index (χ2v) is 7.17. The summed E-state index contributed by atoms with van der Waals surface area (Å²) in [6, 6.07) is 4.67. The third-order valence-electron chi connectivity index (χ3n) is 4.49. The van der Waals surface area contributed by atoms with Gasteiger partial charge in [0.2, 0.25) is 5.91 Å². The number of allylic oxidation sites excluding steroid dienone is 1. The Hall–Kier alpha value is -3.03. The molecular formula is C20H23FN4O3. The summed E-state index contributed by atoms with van der Waals surface area (Å²) in [5.41, 5.74) is 0.509. The summed E-state index contributed by atoms with van der Waals surface area (Å²) in [7, 11) is 0. The van der Waals surface area contributed by atoms with Crippen LogP contribution in [-0.4, -0.2) is 45.5 Å². The molecule has 2 heterocycles. The molecule has 8 heteroatoms. The first-order valence-corrected chi connectivity index (χ1v) is 9.22. The molecule has 1 aromatic carbocycles. The number of carbonyl (C=O) groups is 2. The van der Waals surface area contributed by atoms with Gasteiger partial charge in [-0.1, -0.05) is 31.2 Å². The van der Waals surface area contributed by atoms with E-state index in [0.717, 1.165) is 0 Å². The van der Waals surface area contributed by atoms with Gasteiger partial charge in [0.15, 0.2) is 0 Å². The zero-order valence-electron chi connectivity index (χ0n) is 16.1. The van der Waals surface area contributed by atoms with E-state index in [0.29, 0.717) is 18.5 Å². The number of benzene rings is 1. The molecule has 0 bridgehead atoms. The highest BCUT2D eigenvalue weighted by atomic mass is 19.1. The van der Waals surface area contributed by atoms with Gasteiger partial charge in [-0.15, -0.1) is 0 Å². The number of nitrogens with zero attached hydrogens (tertiary/aromatic N) is 3. The molecule has 2 aromatic rings. The van der Waals surface area contributed by atoms with Crippen molar-refractivity contribution < 1.29 is 18.5 Å². The molecule has 7 nitrogen and oxygen atoms in total. The molecule has 2 unspecified atom stereocenters. The first kappa shape index (κ1) is 19.7. The summed E-state index contributed by atoms with van der Waals surface area (Å²) in [5, 5.41) is 6.70. The average molecular weight is 386 g/mol. The molecule has 28 heavy (non-hydrogen) atoms. The van der Waals surface area contributed by atoms with Gasteiger partial charge in [0.25, 0.3) is 17.6 Å². The molecule has 0 radical (unpaired) electrons. The molecule has 0 aliphatic carbocycles. The number of aromatic nitrogens is 2. The summed E-state index contributed by atoms with van der Waals surface area (Å²) in [5.74, 6) is -0.821. The highest BCUT2D eigenvalue weighted by molar-refractivity contribution is 5.96. The minimum atomic E-state index is -0.596. The van der Waals surface area contributed by atoms with Crippen molar-refractivity contribution in [1.29, 1.82) is 0 Å². The number of halogens is 1. The lowest BCUT2D eigenvalue weighted by Crippen LogP contribution is -2.61. The van der Waals surface area contributed by atoms with Gasteiger partial charge in [0.1, 0.15) is 11.9 Å². The van der Waals surface area contributed by atoms with Crippen LogP contribution in [0, 0.1) is 11.7 Å². The Balaban J connectivity index is 1.86. The van der Waals surface area contributed by atoms with Crippen molar-refractivity contribution in [1.82, 2.24) is 20.4 Å². The number of hydrogen-bond donors (Lipinski definition) is 1. The molecule has 1 fully saturated rings. The van der Waals surface area contributed by atoms with Crippen molar-refractivity contribution >= 4 is 11.8 Å². The van der Waals surface area contributed by atoms with E-state index >= 15 is 0 Å². The van der Waals surface area contributed by atoms with E-state index in [9.17, 15) is 14.0 Å². The van der Waals surface area contributed by atoms with E-state index in [2.05, 4.69) is 15.5 Å². The minimum Gasteiger partial charge on any atom is -0.346 e. The monoisotopic (exact) mass is 386 g/mol. The van der Waals surface area contributed by atoms with Crippen LogP contribution >= 0.6 is 0 Å². The van der Waals surface area contributed by atoms with Gasteiger partial charge in [-0.3, -0.25) is 9.59 Å². The zero-order valence-corrected chi connectivity index (χ0v) is 16.1. The Kier molecular flexibility index (Phi) is 5.87. The first-order chi connectivity index (χ1) is 13.4. The first-order valence-electron chi connectivity index (χ1n) is 9.22. The smallest absolute Gasteiger partial charge is 0.296 e. The maximum atomic E-state index is 13.1. The Bertz CT molecular complexity index is 876. The Morgan fingerprint density at radius 3 is 2.75 bits per heavy atom. The van der Waals surface area contributed by atoms with Gasteiger partial charge in [-0.2, -0.15) is 4.98 Å². The van der Waals surface area contributed by atoms with Crippen LogP contribution < -0.4 is 5.32 Å². The lowest BCUT2D eigenvalue weighted by atomic mass is 9.98. The van der Waals surface area contributed by atoms with Crippen LogP contribution in [0.25, 0.3) is 11.5 Å². The number of rotatable bonds is 5. The maximum Gasteiger partial charge on any atom is 0.296 e. The van der Waals surface area contributed by atoms with Crippen LogP contribution in [0.15, 0.2) is 40.9 Å². The summed E-state index contributed by atoms with van der Waals surface area (Å²) in [4.78, 5) is 31.3. The number of nitrogens with one attached hydrogen (secondary N) is 1. The summed E-state index contributed by atoms with van der Waals surface area (Å²) < 4.78 is 18.3. The number of piperazine rings is 1. The van der Waals surface area contributed by atoms with Crippen LogP contribution in [0.1, 0.15) is 37.8 Å². The van der Waals surface area contributed by atoms with Crippen LogP contribution in [0.5, 0.6) is 0 Å². The SMILES string of the molecule is CC=CC1CN(C(=O)c2noc(-c3ccc(F)cc3)n2)C(CC(C)C)C(=O)N1. The van der Waals surface area contributed by atoms with E-state index in [-0.39, 0.29) is 35.4 Å². The molecule has 1 aromatic heterocycles. The van der Waals surface area contributed by atoms with Crippen molar-refractivity contribution in [2.24, 2.45) is 5.92 Å². The van der Waals surface area contributed by atoms with Gasteiger partial charge >= 0.3 is 0 Å². The molecule has 2 atom stereocenters. The van der Waals surface area contributed by atoms with Gasteiger partial charge in [-0.25, -0.2) is 4.39 Å². The van der Waals surface area contributed by atoms with E-state index in [4.69, 9.17) is 4.52 Å². The molecule has 1 aliphatic rings. The molecule has 1 saturated heterocycles. The van der Waals surface area contributed by atoms with Crippen molar-refractivity contribution in [3.8, 4) is 11.5 Å². The highest BCUT2D eigenvalue weighted by Crippen LogP contribution is 2.21. The lowest BCUT2D eigenvalue weighted by Gasteiger charge is -2.38. The normalized spacial score (nSPS) is 20.0. The van der Waals surface area contributed by atoms with Crippen LogP contribution in [-0.2, 0) is 4.79 Å². The van der Waals surface area contributed by atoms with Crippen LogP contribution in [0.4, 0.5) is 4.39 Å². The highest BCUT2D eigenvalue weighted by Gasteiger charge is 2.38. The third-order valence-corrected chi connectivity index (χ3v) is 4.49. The summed E-state index contributed by atoms with van der Waals surface area (Å²) >= 11 is 0. The van der Waals surface area contributed by atoms with Gasteiger partial charge in [-0.05, 0) is 43.5 Å². The Morgan fingerprint density at radius 1 is 1.39 bits per heavy atom. The molecule has 0 spiro atoms. The van der Waals surface area contributed by atoms with Gasteiger partial charge in [0, 0.05) is 12.1 Å². The molecule has 148 valence electrons. The zero-order chi connectivity index (χ0) is 20.3. The molecular weight excluding hydrogens is 363 g/mol. The predicted octanol–water partition coefficient (Wildman–Crippen LogP) is 2.81. The van der Waals surface area contributed by atoms with E-state index in [1.165, 1.54) is 29.2 Å². The second kappa shape index (κ2) is 8.33. The fraction of sp³-hybridized carbons (Fsp3) is 0.400. The topological polar surface area (TPSA) is 88.3 Å². The molecule has 3 rings (SSSR count). The number of amides is 2. The van der Waals surface area contributed by atoms with E-state index < -0.39 is 11.9 Å². The summed E-state index contributed by atoms with van der Waals surface area (Å²) in [6.45, 7) is 6.17. The third kappa shape index (κ3) is 4.27. The fourth-order valence-electron chi connectivity index (χ4n) is 3.20. The quantitative estimate of drug-likeness (QED) is 0.799. The van der Waals surface area contributed by atoms with Crippen molar-refractivity contribution in [2.75, 3.05) is 6.54 Å². The Labute approximate surface area is 162 Å². The molecule has 2 amide bonds. The standard InChI is InChI=1S/C20H23FN4O3/c1-4-5-15-11-25(16(10-12(2)3)18(26)22-15)20(27)17-23-19(28-24-17)13-6-8-14(21)9-7-13/h4-9,12,15-16H,10-11H2,1-3H3,(H,22,26). The molecule has 1 aliphatic heterocycles. The van der Waals surface area contributed by atoms with Crippen molar-refractivity contribution in [2.45, 2.75) is 39.3 Å². The number of carbonyl (C=O) groups excluding carboxylic acids is 2. The number of hydrogen-bond acceptors (Lipinski definition) is 5. The second-order valence-electron chi connectivity index (χ2n) is 7.17. The van der Waals surface area contributed by atoms with E-state index in [1.807, 2.05) is 32.9 Å². The van der Waals surface area contributed by atoms with Gasteiger partial charge < -0.3 is 14.7 Å². The Morgan fingerprint density at radius 2 is 2.11 bits per heavy atom. The lowest BCUT2D eigenvalue weighted by molar-refractivity contribution is -0.129. The minimum absolute atomic E-state index is 0.121. The summed E-state index contributed by atoms with van der Waals surface area (Å²) in [6.07, 6.45) is 4.20. The van der Waals surface area contributed by atoms with Crippen molar-refractivity contribution in [3.63, 3.8) is 0 Å². The molecule has 1 N–H and O–H groups in total. The van der Waals surface area contributed by atoms with E-state index in [1.54, 1.807) is 0 Å². The average Bonchev–Trinajstić information content (AvgIpc) is 3.14. The van der Waals surface area contributed by atoms with Gasteiger partial charge in [0.05, 0.1) is 6.04 Å². The fourth-order valence-corrected chi connectivity index (χ4v) is 3.20. The maximum absolute atomic E-state index is 13.1. The van der Waals surface area contributed by atoms with Crippen LogP contribution in [0.3, 0.4) is 0 Å². The molecule has 0 saturated carbocycles. The van der Waals surface area contributed by atoms with Crippen LogP contribution in [0.2, 0.25) is 0 Å². The van der Waals surface area contributed by atoms with Crippen molar-refractivity contribution in [3.05, 3.63) is 48.1 Å². The predicted molar refractivity (Wildman–Crippen MR) is 101 cm³/mol. The largest absolute Gasteiger partial charge is 0.346 e.